The van der Waals surface area contributed by atoms with Gasteiger partial charge in [-0.3, -0.25) is 4.90 Å². The van der Waals surface area contributed by atoms with E-state index in [1.807, 2.05) is 0 Å². The Balaban J connectivity index is 4.40. The zero-order chi connectivity index (χ0) is 14.9. The second kappa shape index (κ2) is 9.73. The number of hydrogen-bond acceptors (Lipinski definition) is 3. The summed E-state index contributed by atoms with van der Waals surface area (Å²) in [6.07, 6.45) is 2.40. The smallest absolute Gasteiger partial charge is 0.0589 e. The lowest BCUT2D eigenvalue weighted by atomic mass is 9.84. The molecular weight excluding hydrogens is 236 g/mol. The Morgan fingerprint density at radius 1 is 1.16 bits per heavy atom. The molecular formula is C16H36N2O. The molecule has 2 unspecified atom stereocenters. The summed E-state index contributed by atoms with van der Waals surface area (Å²) in [5.41, 5.74) is 0.318. The highest BCUT2D eigenvalue weighted by Crippen LogP contribution is 2.22. The Kier molecular flexibility index (Phi) is 9.67. The van der Waals surface area contributed by atoms with Crippen LogP contribution in [-0.4, -0.2) is 50.3 Å². The maximum Gasteiger partial charge on any atom is 0.0589 e. The molecule has 116 valence electrons. The van der Waals surface area contributed by atoms with Crippen LogP contribution < -0.4 is 5.32 Å². The van der Waals surface area contributed by atoms with Crippen molar-refractivity contribution in [2.75, 3.05) is 33.4 Å². The highest BCUT2D eigenvalue weighted by atomic mass is 16.5. The molecule has 0 aromatic rings. The van der Waals surface area contributed by atoms with Crippen molar-refractivity contribution < 1.29 is 4.74 Å². The molecule has 0 saturated carbocycles. The van der Waals surface area contributed by atoms with E-state index in [4.69, 9.17) is 4.74 Å². The molecule has 0 aromatic carbocycles. The van der Waals surface area contributed by atoms with Gasteiger partial charge >= 0.3 is 0 Å². The number of methoxy groups -OCH3 is 1. The lowest BCUT2D eigenvalue weighted by Crippen LogP contribution is -2.44. The van der Waals surface area contributed by atoms with Crippen LogP contribution in [0.25, 0.3) is 0 Å². The third kappa shape index (κ3) is 7.91. The number of ether oxygens (including phenoxy) is 1. The Morgan fingerprint density at radius 2 is 1.79 bits per heavy atom. The van der Waals surface area contributed by atoms with Crippen LogP contribution in [0.15, 0.2) is 0 Å². The summed E-state index contributed by atoms with van der Waals surface area (Å²) < 4.78 is 5.23. The molecule has 0 amide bonds. The van der Waals surface area contributed by atoms with E-state index in [2.05, 4.69) is 51.8 Å². The van der Waals surface area contributed by atoms with Crippen LogP contribution in [0.4, 0.5) is 0 Å². The van der Waals surface area contributed by atoms with Crippen molar-refractivity contribution in [3.05, 3.63) is 0 Å². The van der Waals surface area contributed by atoms with Crippen LogP contribution in [-0.2, 0) is 4.74 Å². The summed E-state index contributed by atoms with van der Waals surface area (Å²) in [4.78, 5) is 2.56. The fraction of sp³-hybridized carbons (Fsp3) is 1.00. The molecule has 0 aromatic heterocycles. The Morgan fingerprint density at radius 3 is 2.21 bits per heavy atom. The maximum atomic E-state index is 5.23. The zero-order valence-corrected chi connectivity index (χ0v) is 14.3. The van der Waals surface area contributed by atoms with Crippen LogP contribution in [0, 0.1) is 5.41 Å². The molecule has 19 heavy (non-hydrogen) atoms. The van der Waals surface area contributed by atoms with Gasteiger partial charge in [0.2, 0.25) is 0 Å². The summed E-state index contributed by atoms with van der Waals surface area (Å²) >= 11 is 0. The van der Waals surface area contributed by atoms with Crippen molar-refractivity contribution in [2.45, 2.75) is 66.5 Å². The summed E-state index contributed by atoms with van der Waals surface area (Å²) in [7, 11) is 1.78. The quantitative estimate of drug-likeness (QED) is 0.661. The third-order valence-corrected chi connectivity index (χ3v) is 4.00. The molecule has 0 heterocycles. The van der Waals surface area contributed by atoms with Gasteiger partial charge in [-0.2, -0.15) is 0 Å². The molecule has 3 nitrogen and oxygen atoms in total. The van der Waals surface area contributed by atoms with E-state index >= 15 is 0 Å². The molecule has 0 bridgehead atoms. The monoisotopic (exact) mass is 272 g/mol. The van der Waals surface area contributed by atoms with Gasteiger partial charge < -0.3 is 10.1 Å². The molecule has 0 aliphatic heterocycles. The van der Waals surface area contributed by atoms with E-state index in [1.54, 1.807) is 7.11 Å². The van der Waals surface area contributed by atoms with E-state index in [0.717, 1.165) is 26.2 Å². The fourth-order valence-corrected chi connectivity index (χ4v) is 2.40. The second-order valence-corrected chi connectivity index (χ2v) is 6.55. The summed E-state index contributed by atoms with van der Waals surface area (Å²) in [5.74, 6) is 0. The first-order valence-electron chi connectivity index (χ1n) is 7.83. The molecule has 0 rings (SSSR count). The SMILES string of the molecule is CCNC(CCN(CCOC)C(C)CC)C(C)(C)C. The molecule has 3 heteroatoms. The molecule has 0 saturated heterocycles. The lowest BCUT2D eigenvalue weighted by Gasteiger charge is -2.35. The molecule has 0 fully saturated rings. The topological polar surface area (TPSA) is 24.5 Å². The van der Waals surface area contributed by atoms with E-state index in [-0.39, 0.29) is 0 Å². The van der Waals surface area contributed by atoms with Gasteiger partial charge in [-0.25, -0.2) is 0 Å². The molecule has 0 aliphatic carbocycles. The van der Waals surface area contributed by atoms with Gasteiger partial charge in [0.1, 0.15) is 0 Å². The van der Waals surface area contributed by atoms with Crippen molar-refractivity contribution in [3.8, 4) is 0 Å². The normalized spacial score (nSPS) is 15.8. The number of nitrogens with one attached hydrogen (secondary N) is 1. The zero-order valence-electron chi connectivity index (χ0n) is 14.3. The largest absolute Gasteiger partial charge is 0.383 e. The van der Waals surface area contributed by atoms with Crippen molar-refractivity contribution >= 4 is 0 Å². The van der Waals surface area contributed by atoms with Crippen LogP contribution in [0.5, 0.6) is 0 Å². The van der Waals surface area contributed by atoms with E-state index in [1.165, 1.54) is 12.8 Å². The van der Waals surface area contributed by atoms with Crippen molar-refractivity contribution in [2.24, 2.45) is 5.41 Å². The van der Waals surface area contributed by atoms with Crippen molar-refractivity contribution in [1.82, 2.24) is 10.2 Å². The molecule has 0 spiro atoms. The Labute approximate surface area is 121 Å². The fourth-order valence-electron chi connectivity index (χ4n) is 2.40. The number of nitrogens with zero attached hydrogens (tertiary/aromatic N) is 1. The predicted octanol–water partition coefficient (Wildman–Crippen LogP) is 3.15. The maximum absolute atomic E-state index is 5.23. The van der Waals surface area contributed by atoms with Crippen LogP contribution >= 0.6 is 0 Å². The van der Waals surface area contributed by atoms with Crippen LogP contribution in [0.3, 0.4) is 0 Å². The van der Waals surface area contributed by atoms with Crippen LogP contribution in [0.2, 0.25) is 0 Å². The first-order valence-corrected chi connectivity index (χ1v) is 7.83. The standard InChI is InChI=1S/C16H36N2O/c1-8-14(3)18(12-13-19-7)11-10-15(17-9-2)16(4,5)6/h14-15,17H,8-13H2,1-7H3. The molecule has 1 N–H and O–H groups in total. The van der Waals surface area contributed by atoms with Crippen molar-refractivity contribution in [1.29, 1.82) is 0 Å². The first kappa shape index (κ1) is 18.9. The van der Waals surface area contributed by atoms with Gasteiger partial charge in [0.15, 0.2) is 0 Å². The average molecular weight is 272 g/mol. The van der Waals surface area contributed by atoms with Gasteiger partial charge in [0.05, 0.1) is 6.61 Å². The minimum Gasteiger partial charge on any atom is -0.383 e. The molecule has 0 aliphatic rings. The average Bonchev–Trinajstić information content (AvgIpc) is 2.35. The van der Waals surface area contributed by atoms with Gasteiger partial charge in [-0.1, -0.05) is 34.6 Å². The Hall–Kier alpha value is -0.120. The van der Waals surface area contributed by atoms with Gasteiger partial charge in [-0.15, -0.1) is 0 Å². The summed E-state index contributed by atoms with van der Waals surface area (Å²) in [5, 5.41) is 3.63. The van der Waals surface area contributed by atoms with Crippen LogP contribution in [0.1, 0.15) is 54.4 Å². The third-order valence-electron chi connectivity index (χ3n) is 4.00. The predicted molar refractivity (Wildman–Crippen MR) is 84.7 cm³/mol. The van der Waals surface area contributed by atoms with Gasteiger partial charge in [0.25, 0.3) is 0 Å². The second-order valence-electron chi connectivity index (χ2n) is 6.55. The summed E-state index contributed by atoms with van der Waals surface area (Å²) in [6.45, 7) is 17.8. The highest BCUT2D eigenvalue weighted by Gasteiger charge is 2.24. The first-order chi connectivity index (χ1) is 8.86. The van der Waals surface area contributed by atoms with Gasteiger partial charge in [-0.05, 0) is 31.7 Å². The van der Waals surface area contributed by atoms with Crippen molar-refractivity contribution in [3.63, 3.8) is 0 Å². The van der Waals surface area contributed by atoms with E-state index in [9.17, 15) is 0 Å². The Bertz CT molecular complexity index is 213. The molecule has 0 radical (unpaired) electrons. The number of rotatable bonds is 10. The minimum absolute atomic E-state index is 0.318. The minimum atomic E-state index is 0.318. The highest BCUT2D eigenvalue weighted by molar-refractivity contribution is 4.81. The van der Waals surface area contributed by atoms with Gasteiger partial charge in [0, 0.05) is 32.3 Å². The van der Waals surface area contributed by atoms with E-state index in [0.29, 0.717) is 17.5 Å². The number of hydrogen-bond donors (Lipinski definition) is 1. The van der Waals surface area contributed by atoms with E-state index < -0.39 is 0 Å². The molecule has 2 atom stereocenters. The summed E-state index contributed by atoms with van der Waals surface area (Å²) in [6, 6.07) is 1.21. The lowest BCUT2D eigenvalue weighted by molar-refractivity contribution is 0.113.